The van der Waals surface area contributed by atoms with E-state index in [1.54, 1.807) is 41.4 Å². The van der Waals surface area contributed by atoms with E-state index in [1.807, 2.05) is 6.92 Å². The SMILES string of the molecule is C[C@@H]1CN(C(=O)CCn2ccccc2=O)c2cc(Cl)ccc2O1. The first-order valence-corrected chi connectivity index (χ1v) is 7.84. The van der Waals surface area contributed by atoms with Gasteiger partial charge in [0.25, 0.3) is 5.56 Å². The van der Waals surface area contributed by atoms with E-state index in [0.717, 1.165) is 0 Å². The molecule has 3 rings (SSSR count). The van der Waals surface area contributed by atoms with Gasteiger partial charge in [-0.1, -0.05) is 17.7 Å². The number of aromatic nitrogens is 1. The molecule has 0 fully saturated rings. The Hall–Kier alpha value is -2.27. The van der Waals surface area contributed by atoms with Gasteiger partial charge in [-0.05, 0) is 31.2 Å². The van der Waals surface area contributed by atoms with Gasteiger partial charge in [0.1, 0.15) is 11.9 Å². The Morgan fingerprint density at radius 1 is 1.35 bits per heavy atom. The molecular formula is C17H17ClN2O3. The van der Waals surface area contributed by atoms with Gasteiger partial charge < -0.3 is 14.2 Å². The zero-order valence-corrected chi connectivity index (χ0v) is 13.5. The van der Waals surface area contributed by atoms with E-state index in [2.05, 4.69) is 0 Å². The lowest BCUT2D eigenvalue weighted by atomic mass is 10.2. The summed E-state index contributed by atoms with van der Waals surface area (Å²) < 4.78 is 7.27. The number of anilines is 1. The van der Waals surface area contributed by atoms with E-state index in [0.29, 0.717) is 29.5 Å². The van der Waals surface area contributed by atoms with E-state index in [1.165, 1.54) is 10.6 Å². The monoisotopic (exact) mass is 332 g/mol. The topological polar surface area (TPSA) is 51.5 Å². The van der Waals surface area contributed by atoms with Gasteiger partial charge in [-0.3, -0.25) is 9.59 Å². The third kappa shape index (κ3) is 3.40. The molecule has 1 atom stereocenters. The van der Waals surface area contributed by atoms with E-state index in [4.69, 9.17) is 16.3 Å². The van der Waals surface area contributed by atoms with E-state index in [9.17, 15) is 9.59 Å². The highest BCUT2D eigenvalue weighted by Crippen LogP contribution is 2.35. The molecule has 0 radical (unpaired) electrons. The van der Waals surface area contributed by atoms with Gasteiger partial charge in [0.05, 0.1) is 12.2 Å². The number of carbonyl (C=O) groups is 1. The molecule has 120 valence electrons. The zero-order chi connectivity index (χ0) is 16.4. The number of fused-ring (bicyclic) bond motifs is 1. The second-order valence-electron chi connectivity index (χ2n) is 5.53. The van der Waals surface area contributed by atoms with E-state index in [-0.39, 0.29) is 24.0 Å². The average molecular weight is 333 g/mol. The van der Waals surface area contributed by atoms with Crippen molar-refractivity contribution in [3.05, 3.63) is 58.0 Å². The number of rotatable bonds is 3. The molecule has 23 heavy (non-hydrogen) atoms. The predicted octanol–water partition coefficient (Wildman–Crippen LogP) is 2.71. The van der Waals surface area contributed by atoms with Gasteiger partial charge in [-0.25, -0.2) is 0 Å². The molecule has 0 saturated heterocycles. The maximum Gasteiger partial charge on any atom is 0.250 e. The molecule has 2 aromatic rings. The quantitative estimate of drug-likeness (QED) is 0.868. The number of pyridine rings is 1. The normalized spacial score (nSPS) is 16.6. The van der Waals surface area contributed by atoms with Crippen LogP contribution in [0, 0.1) is 0 Å². The molecule has 1 aliphatic heterocycles. The molecule has 5 nitrogen and oxygen atoms in total. The second kappa shape index (κ2) is 6.46. The zero-order valence-electron chi connectivity index (χ0n) is 12.7. The van der Waals surface area contributed by atoms with Gasteiger partial charge in [0, 0.05) is 30.3 Å². The average Bonchev–Trinajstić information content (AvgIpc) is 2.53. The van der Waals surface area contributed by atoms with Crippen molar-refractivity contribution >= 4 is 23.2 Å². The highest BCUT2D eigenvalue weighted by molar-refractivity contribution is 6.31. The Labute approximate surface area is 139 Å². The van der Waals surface area contributed by atoms with Gasteiger partial charge in [0.2, 0.25) is 5.91 Å². The van der Waals surface area contributed by atoms with Crippen LogP contribution >= 0.6 is 11.6 Å². The first-order chi connectivity index (χ1) is 11.0. The minimum absolute atomic E-state index is 0.0561. The number of halogens is 1. The summed E-state index contributed by atoms with van der Waals surface area (Å²) in [4.78, 5) is 26.0. The number of ether oxygens (including phenoxy) is 1. The highest BCUT2D eigenvalue weighted by Gasteiger charge is 2.27. The summed E-state index contributed by atoms with van der Waals surface area (Å²) in [6.07, 6.45) is 1.83. The van der Waals surface area contributed by atoms with Crippen LogP contribution in [0.1, 0.15) is 13.3 Å². The van der Waals surface area contributed by atoms with Crippen LogP contribution < -0.4 is 15.2 Å². The van der Waals surface area contributed by atoms with Crippen LogP contribution in [0.25, 0.3) is 0 Å². The standard InChI is InChI=1S/C17H17ClN2O3/c1-12-11-20(14-10-13(18)5-6-15(14)23-12)17(22)7-9-19-8-3-2-4-16(19)21/h2-6,8,10,12H,7,9,11H2,1H3/t12-/m1/s1. The minimum Gasteiger partial charge on any atom is -0.487 e. The van der Waals surface area contributed by atoms with Crippen LogP contribution in [0.2, 0.25) is 5.02 Å². The van der Waals surface area contributed by atoms with Crippen molar-refractivity contribution in [2.24, 2.45) is 0 Å². The summed E-state index contributed by atoms with van der Waals surface area (Å²) in [6, 6.07) is 10.2. The van der Waals surface area contributed by atoms with Crippen LogP contribution in [0.15, 0.2) is 47.4 Å². The summed E-state index contributed by atoms with van der Waals surface area (Å²) in [5.74, 6) is 0.595. The van der Waals surface area contributed by atoms with Gasteiger partial charge in [-0.2, -0.15) is 0 Å². The van der Waals surface area contributed by atoms with Crippen LogP contribution in [-0.2, 0) is 11.3 Å². The summed E-state index contributed by atoms with van der Waals surface area (Å²) in [6.45, 7) is 2.73. The molecule has 0 N–H and O–H groups in total. The Kier molecular flexibility index (Phi) is 4.39. The van der Waals surface area contributed by atoms with Crippen molar-refractivity contribution in [1.29, 1.82) is 0 Å². The molecular weight excluding hydrogens is 316 g/mol. The van der Waals surface area contributed by atoms with Crippen LogP contribution in [0.4, 0.5) is 5.69 Å². The molecule has 2 heterocycles. The predicted molar refractivity (Wildman–Crippen MR) is 89.2 cm³/mol. The van der Waals surface area contributed by atoms with Crippen LogP contribution in [0.3, 0.4) is 0 Å². The number of hydrogen-bond donors (Lipinski definition) is 0. The van der Waals surface area contributed by atoms with Crippen molar-refractivity contribution in [3.63, 3.8) is 0 Å². The number of amides is 1. The molecule has 0 saturated carbocycles. The lowest BCUT2D eigenvalue weighted by Crippen LogP contribution is -2.42. The minimum atomic E-state index is -0.112. The number of hydrogen-bond acceptors (Lipinski definition) is 3. The van der Waals surface area contributed by atoms with E-state index < -0.39 is 0 Å². The molecule has 1 aliphatic rings. The smallest absolute Gasteiger partial charge is 0.250 e. The summed E-state index contributed by atoms with van der Waals surface area (Å²) in [7, 11) is 0. The summed E-state index contributed by atoms with van der Waals surface area (Å²) >= 11 is 6.04. The van der Waals surface area contributed by atoms with Gasteiger partial charge in [0.15, 0.2) is 0 Å². The third-order valence-corrected chi connectivity index (χ3v) is 3.98. The van der Waals surface area contributed by atoms with Crippen molar-refractivity contribution in [1.82, 2.24) is 4.57 Å². The third-order valence-electron chi connectivity index (χ3n) is 3.75. The van der Waals surface area contributed by atoms with Gasteiger partial charge in [-0.15, -0.1) is 0 Å². The number of benzene rings is 1. The molecule has 0 aliphatic carbocycles. The Morgan fingerprint density at radius 3 is 2.96 bits per heavy atom. The van der Waals surface area contributed by atoms with Crippen molar-refractivity contribution in [2.45, 2.75) is 26.0 Å². The number of aryl methyl sites for hydroxylation is 1. The molecule has 1 aromatic carbocycles. The molecule has 1 aromatic heterocycles. The number of nitrogens with zero attached hydrogens (tertiary/aromatic N) is 2. The lowest BCUT2D eigenvalue weighted by molar-refractivity contribution is -0.119. The molecule has 1 amide bonds. The Balaban J connectivity index is 1.79. The fourth-order valence-electron chi connectivity index (χ4n) is 2.64. The van der Waals surface area contributed by atoms with Crippen molar-refractivity contribution in [3.8, 4) is 5.75 Å². The summed E-state index contributed by atoms with van der Waals surface area (Å²) in [5, 5.41) is 0.555. The first kappa shape index (κ1) is 15.6. The fourth-order valence-corrected chi connectivity index (χ4v) is 2.81. The lowest BCUT2D eigenvalue weighted by Gasteiger charge is -2.33. The molecule has 0 spiro atoms. The highest BCUT2D eigenvalue weighted by atomic mass is 35.5. The second-order valence-corrected chi connectivity index (χ2v) is 5.96. The Morgan fingerprint density at radius 2 is 2.17 bits per heavy atom. The largest absolute Gasteiger partial charge is 0.487 e. The van der Waals surface area contributed by atoms with Gasteiger partial charge >= 0.3 is 0 Å². The van der Waals surface area contributed by atoms with Crippen LogP contribution in [-0.4, -0.2) is 23.1 Å². The molecule has 0 bridgehead atoms. The van der Waals surface area contributed by atoms with Crippen molar-refractivity contribution < 1.29 is 9.53 Å². The maximum atomic E-state index is 12.6. The fraction of sp³-hybridized carbons (Fsp3) is 0.294. The Bertz CT molecular complexity index is 787. The number of carbonyl (C=O) groups excluding carboxylic acids is 1. The van der Waals surface area contributed by atoms with E-state index >= 15 is 0 Å². The molecule has 6 heteroatoms. The van der Waals surface area contributed by atoms with Crippen molar-refractivity contribution in [2.75, 3.05) is 11.4 Å². The first-order valence-electron chi connectivity index (χ1n) is 7.46. The molecule has 0 unspecified atom stereocenters. The maximum absolute atomic E-state index is 12.6. The van der Waals surface area contributed by atoms with Crippen LogP contribution in [0.5, 0.6) is 5.75 Å². The summed E-state index contributed by atoms with van der Waals surface area (Å²) in [5.41, 5.74) is 0.570.